The summed E-state index contributed by atoms with van der Waals surface area (Å²) in [7, 11) is 6.95. The molecule has 1 heterocycles. The monoisotopic (exact) mass is 411 g/mol. The Labute approximate surface area is 175 Å². The summed E-state index contributed by atoms with van der Waals surface area (Å²) in [6.45, 7) is 1.49. The highest BCUT2D eigenvalue weighted by atomic mass is 32.1. The number of thiazole rings is 1. The van der Waals surface area contributed by atoms with Gasteiger partial charge in [0.05, 0.1) is 25.5 Å². The Morgan fingerprint density at radius 3 is 2.52 bits per heavy atom. The average molecular weight is 412 g/mol. The maximum Gasteiger partial charge on any atom is 0.251 e. The average Bonchev–Trinajstić information content (AvgIpc) is 3.21. The van der Waals surface area contributed by atoms with E-state index < -0.39 is 0 Å². The van der Waals surface area contributed by atoms with Gasteiger partial charge in [-0.25, -0.2) is 4.98 Å². The van der Waals surface area contributed by atoms with E-state index in [0.717, 1.165) is 34.9 Å². The summed E-state index contributed by atoms with van der Waals surface area (Å²) in [6.07, 6.45) is 0. The highest BCUT2D eigenvalue weighted by Crippen LogP contribution is 2.39. The molecule has 2 aromatic carbocycles. The van der Waals surface area contributed by atoms with Crippen molar-refractivity contribution < 1.29 is 14.3 Å². The van der Waals surface area contributed by atoms with Gasteiger partial charge < -0.3 is 14.8 Å². The molecule has 0 spiro atoms. The number of rotatable bonds is 8. The second-order valence-corrected chi connectivity index (χ2v) is 7.49. The summed E-state index contributed by atoms with van der Waals surface area (Å²) in [5.41, 5.74) is 3.73. The zero-order valence-corrected chi connectivity index (χ0v) is 17.9. The number of nitrogens with zero attached hydrogens (tertiary/aromatic N) is 2. The third-order valence-corrected chi connectivity index (χ3v) is 5.44. The molecule has 0 saturated carbocycles. The molecule has 0 fully saturated rings. The minimum absolute atomic E-state index is 0.0760. The van der Waals surface area contributed by atoms with Crippen molar-refractivity contribution >= 4 is 17.2 Å². The van der Waals surface area contributed by atoms with Gasteiger partial charge in [-0.05, 0) is 36.9 Å². The van der Waals surface area contributed by atoms with Gasteiger partial charge in [-0.3, -0.25) is 9.69 Å². The summed E-state index contributed by atoms with van der Waals surface area (Å²) >= 11 is 1.59. The number of aromatic nitrogens is 1. The lowest BCUT2D eigenvalue weighted by molar-refractivity contribution is 0.0963. The lowest BCUT2D eigenvalue weighted by Gasteiger charge is -2.15. The molecule has 0 radical (unpaired) electrons. The number of benzene rings is 2. The number of ether oxygens (including phenoxy) is 2. The first-order valence-electron chi connectivity index (χ1n) is 9.21. The molecule has 1 N–H and O–H groups in total. The molecule has 0 aliphatic carbocycles. The van der Waals surface area contributed by atoms with Crippen LogP contribution in [0.3, 0.4) is 0 Å². The Hall–Kier alpha value is -2.90. The second-order valence-electron chi connectivity index (χ2n) is 6.63. The lowest BCUT2D eigenvalue weighted by Crippen LogP contribution is -2.19. The normalized spacial score (nSPS) is 10.8. The predicted octanol–water partition coefficient (Wildman–Crippen LogP) is 3.82. The molecule has 7 heteroatoms. The van der Waals surface area contributed by atoms with Crippen LogP contribution >= 0.6 is 11.3 Å². The molecule has 0 unspecified atom stereocenters. The molecular weight excluding hydrogens is 386 g/mol. The highest BCUT2D eigenvalue weighted by molar-refractivity contribution is 7.13. The van der Waals surface area contributed by atoms with Gasteiger partial charge in [-0.15, -0.1) is 11.3 Å². The van der Waals surface area contributed by atoms with Crippen molar-refractivity contribution in [3.63, 3.8) is 0 Å². The Morgan fingerprint density at radius 1 is 1.10 bits per heavy atom. The SMILES string of the molecule is CNC(=O)c1ccc(CN(C)Cc2csc(-c3cccc(OC)c3OC)n2)cc1. The fourth-order valence-electron chi connectivity index (χ4n) is 3.11. The Bertz CT molecular complexity index is 970. The van der Waals surface area contributed by atoms with E-state index in [2.05, 4.69) is 22.6 Å². The van der Waals surface area contributed by atoms with Crippen LogP contribution < -0.4 is 14.8 Å². The molecule has 3 aromatic rings. The number of carbonyl (C=O) groups excluding carboxylic acids is 1. The van der Waals surface area contributed by atoms with Crippen molar-refractivity contribution in [2.24, 2.45) is 0 Å². The van der Waals surface area contributed by atoms with Crippen LogP contribution in [0.1, 0.15) is 21.6 Å². The van der Waals surface area contributed by atoms with Gasteiger partial charge in [0.25, 0.3) is 5.91 Å². The van der Waals surface area contributed by atoms with Crippen LogP contribution in [0.2, 0.25) is 0 Å². The van der Waals surface area contributed by atoms with Crippen molar-refractivity contribution in [1.29, 1.82) is 0 Å². The van der Waals surface area contributed by atoms with E-state index in [1.165, 1.54) is 0 Å². The molecule has 6 nitrogen and oxygen atoms in total. The third-order valence-electron chi connectivity index (χ3n) is 4.51. The number of amides is 1. The van der Waals surface area contributed by atoms with Gasteiger partial charge >= 0.3 is 0 Å². The van der Waals surface area contributed by atoms with Gasteiger partial charge in [0, 0.05) is 31.1 Å². The molecule has 0 bridgehead atoms. The molecule has 0 saturated heterocycles. The fraction of sp³-hybridized carbons (Fsp3) is 0.273. The molecule has 1 amide bonds. The lowest BCUT2D eigenvalue weighted by atomic mass is 10.1. The maximum absolute atomic E-state index is 11.6. The minimum Gasteiger partial charge on any atom is -0.493 e. The largest absolute Gasteiger partial charge is 0.493 e. The van der Waals surface area contributed by atoms with E-state index >= 15 is 0 Å². The van der Waals surface area contributed by atoms with E-state index in [1.807, 2.05) is 42.5 Å². The molecule has 29 heavy (non-hydrogen) atoms. The molecule has 0 aliphatic heterocycles. The van der Waals surface area contributed by atoms with Gasteiger partial charge in [0.1, 0.15) is 5.01 Å². The molecule has 1 aromatic heterocycles. The first kappa shape index (κ1) is 20.8. The predicted molar refractivity (Wildman–Crippen MR) is 116 cm³/mol. The van der Waals surface area contributed by atoms with E-state index in [9.17, 15) is 4.79 Å². The van der Waals surface area contributed by atoms with Gasteiger partial charge in [0.15, 0.2) is 11.5 Å². The number of hydrogen-bond donors (Lipinski definition) is 1. The molecule has 152 valence electrons. The van der Waals surface area contributed by atoms with E-state index in [1.54, 1.807) is 32.6 Å². The van der Waals surface area contributed by atoms with Crippen LogP contribution in [0.15, 0.2) is 47.8 Å². The quantitative estimate of drug-likeness (QED) is 0.611. The highest BCUT2D eigenvalue weighted by Gasteiger charge is 2.15. The Morgan fingerprint density at radius 2 is 1.86 bits per heavy atom. The van der Waals surface area contributed by atoms with Crippen LogP contribution in [0.4, 0.5) is 0 Å². The summed E-state index contributed by atoms with van der Waals surface area (Å²) < 4.78 is 10.9. The summed E-state index contributed by atoms with van der Waals surface area (Å²) in [4.78, 5) is 18.6. The number of hydrogen-bond acceptors (Lipinski definition) is 6. The van der Waals surface area contributed by atoms with Crippen molar-refractivity contribution in [1.82, 2.24) is 15.2 Å². The third kappa shape index (κ3) is 4.93. The van der Waals surface area contributed by atoms with E-state index in [4.69, 9.17) is 14.5 Å². The summed E-state index contributed by atoms with van der Waals surface area (Å²) in [5, 5.41) is 5.60. The van der Waals surface area contributed by atoms with Crippen molar-refractivity contribution in [3.05, 3.63) is 64.7 Å². The molecule has 3 rings (SSSR count). The number of nitrogens with one attached hydrogen (secondary N) is 1. The van der Waals surface area contributed by atoms with Crippen molar-refractivity contribution in [2.75, 3.05) is 28.3 Å². The van der Waals surface area contributed by atoms with E-state index in [-0.39, 0.29) is 5.91 Å². The Balaban J connectivity index is 1.68. The molecule has 0 aliphatic rings. The van der Waals surface area contributed by atoms with Gasteiger partial charge in [0.2, 0.25) is 0 Å². The fourth-order valence-corrected chi connectivity index (χ4v) is 3.94. The van der Waals surface area contributed by atoms with Crippen LogP contribution in [0.25, 0.3) is 10.6 Å². The van der Waals surface area contributed by atoms with Crippen molar-refractivity contribution in [2.45, 2.75) is 13.1 Å². The van der Waals surface area contributed by atoms with Crippen LogP contribution in [-0.2, 0) is 13.1 Å². The first-order chi connectivity index (χ1) is 14.0. The van der Waals surface area contributed by atoms with Gasteiger partial charge in [-0.1, -0.05) is 18.2 Å². The smallest absolute Gasteiger partial charge is 0.251 e. The van der Waals surface area contributed by atoms with Crippen LogP contribution in [-0.4, -0.2) is 44.1 Å². The van der Waals surface area contributed by atoms with Crippen LogP contribution in [0.5, 0.6) is 11.5 Å². The van der Waals surface area contributed by atoms with Gasteiger partial charge in [-0.2, -0.15) is 0 Å². The zero-order valence-electron chi connectivity index (χ0n) is 17.1. The maximum atomic E-state index is 11.6. The molecular formula is C22H25N3O3S. The zero-order chi connectivity index (χ0) is 20.8. The topological polar surface area (TPSA) is 63.7 Å². The van der Waals surface area contributed by atoms with E-state index in [0.29, 0.717) is 17.1 Å². The minimum atomic E-state index is -0.0760. The molecule has 0 atom stereocenters. The number of para-hydroxylation sites is 1. The van der Waals surface area contributed by atoms with Crippen LogP contribution in [0, 0.1) is 0 Å². The number of methoxy groups -OCH3 is 2. The first-order valence-corrected chi connectivity index (χ1v) is 10.1. The second kappa shape index (κ2) is 9.54. The standard InChI is InChI=1S/C22H25N3O3S/c1-23-21(26)16-10-8-15(9-11-16)12-25(2)13-17-14-29-22(24-17)18-6-5-7-19(27-3)20(18)28-4/h5-11,14H,12-13H2,1-4H3,(H,23,26). The summed E-state index contributed by atoms with van der Waals surface area (Å²) in [5.74, 6) is 1.31. The summed E-state index contributed by atoms with van der Waals surface area (Å²) in [6, 6.07) is 13.5. The number of carbonyl (C=O) groups is 1. The Kier molecular flexibility index (Phi) is 6.85. The van der Waals surface area contributed by atoms with Crippen molar-refractivity contribution in [3.8, 4) is 22.1 Å².